The van der Waals surface area contributed by atoms with Crippen molar-refractivity contribution in [1.29, 1.82) is 0 Å². The summed E-state index contributed by atoms with van der Waals surface area (Å²) in [5.74, 6) is 0.554. The number of hydrogen-bond donors (Lipinski definition) is 2. The molecule has 2 N–H and O–H groups in total. The molecule has 1 aromatic carbocycles. The van der Waals surface area contributed by atoms with Gasteiger partial charge < -0.3 is 5.32 Å². The molecule has 0 saturated heterocycles. The highest BCUT2D eigenvalue weighted by Crippen LogP contribution is 2.26. The van der Waals surface area contributed by atoms with Gasteiger partial charge in [0.2, 0.25) is 0 Å². The van der Waals surface area contributed by atoms with Gasteiger partial charge in [-0.2, -0.15) is 5.10 Å². The van der Waals surface area contributed by atoms with Crippen molar-refractivity contribution >= 4 is 33.7 Å². The Morgan fingerprint density at radius 2 is 2.26 bits per heavy atom. The summed E-state index contributed by atoms with van der Waals surface area (Å²) in [6, 6.07) is 8.05. The van der Waals surface area contributed by atoms with Crippen LogP contribution in [0.25, 0.3) is 5.70 Å². The molecule has 0 amide bonds. The van der Waals surface area contributed by atoms with Gasteiger partial charge in [0.25, 0.3) is 0 Å². The zero-order valence-electron chi connectivity index (χ0n) is 10.5. The Morgan fingerprint density at radius 1 is 1.53 bits per heavy atom. The number of H-pyrrole nitrogens is 1. The van der Waals surface area contributed by atoms with Gasteiger partial charge in [0.1, 0.15) is 5.69 Å². The topological polar surface area (TPSA) is 57.8 Å². The van der Waals surface area contributed by atoms with E-state index in [2.05, 4.69) is 51.0 Å². The summed E-state index contributed by atoms with van der Waals surface area (Å²) in [7, 11) is 0. The molecule has 0 atom stereocenters. The molecular weight excluding hydrogens is 306 g/mol. The molecule has 98 valence electrons. The van der Waals surface area contributed by atoms with Crippen molar-refractivity contribution in [2.45, 2.75) is 13.3 Å². The van der Waals surface area contributed by atoms with E-state index in [1.165, 1.54) is 5.56 Å². The quantitative estimate of drug-likeness (QED) is 0.827. The molecule has 0 spiro atoms. The lowest BCUT2D eigenvalue weighted by atomic mass is 10.0. The van der Waals surface area contributed by atoms with Gasteiger partial charge in [-0.25, -0.2) is 0 Å². The first-order chi connectivity index (χ1) is 9.17. The molecule has 1 heterocycles. The first kappa shape index (κ1) is 13.5. The van der Waals surface area contributed by atoms with Crippen LogP contribution < -0.4 is 5.32 Å². The fourth-order valence-corrected chi connectivity index (χ4v) is 2.21. The first-order valence-corrected chi connectivity index (χ1v) is 6.70. The molecule has 1 aromatic heterocycles. The average Bonchev–Trinajstić information content (AvgIpc) is 2.79. The summed E-state index contributed by atoms with van der Waals surface area (Å²) >= 11 is 3.32. The van der Waals surface area contributed by atoms with Crippen molar-refractivity contribution < 1.29 is 4.79 Å². The molecular formula is C14H14BrN3O. The van der Waals surface area contributed by atoms with Crippen molar-refractivity contribution in [2.24, 2.45) is 0 Å². The number of rotatable bonds is 5. The van der Waals surface area contributed by atoms with Crippen molar-refractivity contribution in [3.8, 4) is 0 Å². The minimum absolute atomic E-state index is 0.402. The molecule has 19 heavy (non-hydrogen) atoms. The molecule has 2 rings (SSSR count). The SMILES string of the molecule is C=C(Nc1n[nH]c(C=O)c1Br)c1ccccc1CC. The van der Waals surface area contributed by atoms with Gasteiger partial charge in [0.15, 0.2) is 12.1 Å². The van der Waals surface area contributed by atoms with Crippen LogP contribution in [0.1, 0.15) is 28.5 Å². The lowest BCUT2D eigenvalue weighted by Gasteiger charge is -2.11. The van der Waals surface area contributed by atoms with Crippen LogP contribution in [0.3, 0.4) is 0 Å². The highest BCUT2D eigenvalue weighted by molar-refractivity contribution is 9.10. The third-order valence-corrected chi connectivity index (χ3v) is 3.65. The van der Waals surface area contributed by atoms with Crippen LogP contribution in [0, 0.1) is 0 Å². The normalized spacial score (nSPS) is 10.2. The van der Waals surface area contributed by atoms with Gasteiger partial charge in [-0.15, -0.1) is 0 Å². The summed E-state index contributed by atoms with van der Waals surface area (Å²) in [4.78, 5) is 10.7. The van der Waals surface area contributed by atoms with E-state index in [1.54, 1.807) is 0 Å². The summed E-state index contributed by atoms with van der Waals surface area (Å²) in [6.45, 7) is 6.13. The van der Waals surface area contributed by atoms with Crippen molar-refractivity contribution in [3.05, 3.63) is 52.1 Å². The highest BCUT2D eigenvalue weighted by atomic mass is 79.9. The third kappa shape index (κ3) is 2.76. The number of aldehydes is 1. The largest absolute Gasteiger partial charge is 0.338 e. The molecule has 0 aliphatic rings. The van der Waals surface area contributed by atoms with E-state index in [4.69, 9.17) is 0 Å². The Labute approximate surface area is 120 Å². The number of benzene rings is 1. The molecule has 0 bridgehead atoms. The summed E-state index contributed by atoms with van der Waals surface area (Å²) in [5.41, 5.74) is 3.41. The van der Waals surface area contributed by atoms with Crippen molar-refractivity contribution in [3.63, 3.8) is 0 Å². The minimum atomic E-state index is 0.402. The number of hydrogen-bond acceptors (Lipinski definition) is 3. The van der Waals surface area contributed by atoms with Gasteiger partial charge in [0.05, 0.1) is 4.47 Å². The summed E-state index contributed by atoms with van der Waals surface area (Å²) in [5, 5.41) is 9.79. The number of aromatic nitrogens is 2. The number of aryl methyl sites for hydroxylation is 1. The Balaban J connectivity index is 2.25. The lowest BCUT2D eigenvalue weighted by molar-refractivity contribution is 0.111. The number of nitrogens with zero attached hydrogens (tertiary/aromatic N) is 1. The maximum atomic E-state index is 10.7. The second-order valence-corrected chi connectivity index (χ2v) is 4.82. The van der Waals surface area contributed by atoms with Crippen LogP contribution in [0.4, 0.5) is 5.82 Å². The van der Waals surface area contributed by atoms with Gasteiger partial charge in [-0.3, -0.25) is 9.89 Å². The molecule has 0 radical (unpaired) electrons. The maximum Gasteiger partial charge on any atom is 0.169 e. The molecule has 5 heteroatoms. The molecule has 0 fully saturated rings. The summed E-state index contributed by atoms with van der Waals surface area (Å²) in [6.07, 6.45) is 1.64. The van der Waals surface area contributed by atoms with Crippen LogP contribution in [0.15, 0.2) is 35.3 Å². The van der Waals surface area contributed by atoms with E-state index in [1.807, 2.05) is 18.2 Å². The van der Waals surface area contributed by atoms with Crippen LogP contribution in [-0.2, 0) is 6.42 Å². The minimum Gasteiger partial charge on any atom is -0.338 e. The Morgan fingerprint density at radius 3 is 2.89 bits per heavy atom. The van der Waals surface area contributed by atoms with E-state index in [9.17, 15) is 4.79 Å². The zero-order chi connectivity index (χ0) is 13.8. The average molecular weight is 320 g/mol. The molecule has 0 aliphatic heterocycles. The predicted molar refractivity (Wildman–Crippen MR) is 80.2 cm³/mol. The van der Waals surface area contributed by atoms with Gasteiger partial charge >= 0.3 is 0 Å². The number of carbonyl (C=O) groups is 1. The Hall–Kier alpha value is -1.88. The maximum absolute atomic E-state index is 10.7. The Kier molecular flexibility index (Phi) is 4.16. The first-order valence-electron chi connectivity index (χ1n) is 5.90. The number of halogens is 1. The second kappa shape index (κ2) is 5.84. The van der Waals surface area contributed by atoms with Gasteiger partial charge in [0, 0.05) is 11.3 Å². The van der Waals surface area contributed by atoms with Crippen LogP contribution in [0.5, 0.6) is 0 Å². The van der Waals surface area contributed by atoms with E-state index in [-0.39, 0.29) is 0 Å². The number of nitrogens with one attached hydrogen (secondary N) is 2. The smallest absolute Gasteiger partial charge is 0.169 e. The standard InChI is InChI=1S/C14H14BrN3O/c1-3-10-6-4-5-7-11(10)9(2)16-14-13(15)12(8-19)17-18-14/h4-8H,2-3H2,1H3,(H2,16,17,18). The Bertz CT molecular complexity index is 619. The number of aromatic amines is 1. The van der Waals surface area contributed by atoms with Crippen molar-refractivity contribution in [2.75, 3.05) is 5.32 Å². The highest BCUT2D eigenvalue weighted by Gasteiger charge is 2.12. The van der Waals surface area contributed by atoms with E-state index < -0.39 is 0 Å². The number of carbonyl (C=O) groups excluding carboxylic acids is 1. The van der Waals surface area contributed by atoms with Gasteiger partial charge in [-0.05, 0) is 27.9 Å². The fourth-order valence-electron chi connectivity index (χ4n) is 1.84. The second-order valence-electron chi connectivity index (χ2n) is 4.03. The monoisotopic (exact) mass is 319 g/mol. The van der Waals surface area contributed by atoms with E-state index in [0.717, 1.165) is 17.7 Å². The van der Waals surface area contributed by atoms with E-state index >= 15 is 0 Å². The fraction of sp³-hybridized carbons (Fsp3) is 0.143. The molecule has 4 nitrogen and oxygen atoms in total. The summed E-state index contributed by atoms with van der Waals surface area (Å²) < 4.78 is 0.609. The van der Waals surface area contributed by atoms with Crippen LogP contribution in [-0.4, -0.2) is 16.5 Å². The van der Waals surface area contributed by atoms with Crippen molar-refractivity contribution in [1.82, 2.24) is 10.2 Å². The number of anilines is 1. The van der Waals surface area contributed by atoms with Gasteiger partial charge in [-0.1, -0.05) is 37.8 Å². The van der Waals surface area contributed by atoms with E-state index in [0.29, 0.717) is 22.3 Å². The molecule has 0 aliphatic carbocycles. The predicted octanol–water partition coefficient (Wildman–Crippen LogP) is 3.63. The molecule has 0 saturated carbocycles. The lowest BCUT2D eigenvalue weighted by Crippen LogP contribution is -2.01. The molecule has 2 aromatic rings. The molecule has 0 unspecified atom stereocenters. The zero-order valence-corrected chi connectivity index (χ0v) is 12.1. The van der Waals surface area contributed by atoms with Crippen LogP contribution in [0.2, 0.25) is 0 Å². The third-order valence-electron chi connectivity index (χ3n) is 2.84. The van der Waals surface area contributed by atoms with Crippen LogP contribution >= 0.6 is 15.9 Å².